The molecular formula is C17H25N3O2. The molecule has 0 aliphatic carbocycles. The van der Waals surface area contributed by atoms with Crippen LogP contribution in [-0.4, -0.2) is 36.3 Å². The van der Waals surface area contributed by atoms with Crippen molar-refractivity contribution in [1.29, 1.82) is 0 Å². The van der Waals surface area contributed by atoms with Gasteiger partial charge in [-0.15, -0.1) is 0 Å². The van der Waals surface area contributed by atoms with Crippen molar-refractivity contribution in [1.82, 2.24) is 10.2 Å². The van der Waals surface area contributed by atoms with Gasteiger partial charge in [0, 0.05) is 6.42 Å². The molecular weight excluding hydrogens is 278 g/mol. The van der Waals surface area contributed by atoms with Crippen LogP contribution in [-0.2, 0) is 9.59 Å². The third-order valence-electron chi connectivity index (χ3n) is 4.32. The van der Waals surface area contributed by atoms with Gasteiger partial charge in [-0.05, 0) is 44.3 Å². The van der Waals surface area contributed by atoms with Crippen LogP contribution >= 0.6 is 0 Å². The molecule has 3 N–H and O–H groups in total. The minimum absolute atomic E-state index is 0.00190. The summed E-state index contributed by atoms with van der Waals surface area (Å²) in [7, 11) is 0. The van der Waals surface area contributed by atoms with Gasteiger partial charge in [0.25, 0.3) is 0 Å². The molecule has 2 amide bonds. The number of hydrogen-bond donors (Lipinski definition) is 2. The van der Waals surface area contributed by atoms with Crippen LogP contribution < -0.4 is 11.1 Å². The fraction of sp³-hybridized carbons (Fsp3) is 0.529. The van der Waals surface area contributed by atoms with Gasteiger partial charge < -0.3 is 16.0 Å². The quantitative estimate of drug-likeness (QED) is 0.800. The van der Waals surface area contributed by atoms with Crippen LogP contribution in [0.15, 0.2) is 30.3 Å². The summed E-state index contributed by atoms with van der Waals surface area (Å²) in [5.41, 5.74) is 6.34. The number of carbonyl (C=O) groups is 2. The zero-order chi connectivity index (χ0) is 15.9. The number of rotatable bonds is 7. The van der Waals surface area contributed by atoms with Crippen LogP contribution in [0.5, 0.6) is 0 Å². The first-order valence-electron chi connectivity index (χ1n) is 7.91. The Morgan fingerprint density at radius 1 is 1.36 bits per heavy atom. The van der Waals surface area contributed by atoms with Crippen LogP contribution in [0.4, 0.5) is 0 Å². The number of nitrogens with two attached hydrogens (primary N) is 1. The van der Waals surface area contributed by atoms with E-state index in [1.807, 2.05) is 37.3 Å². The Bertz CT molecular complexity index is 498. The van der Waals surface area contributed by atoms with Gasteiger partial charge in [0.05, 0.1) is 12.6 Å². The van der Waals surface area contributed by atoms with Gasteiger partial charge in [-0.2, -0.15) is 0 Å². The van der Waals surface area contributed by atoms with Gasteiger partial charge in [0.15, 0.2) is 0 Å². The molecule has 5 nitrogen and oxygen atoms in total. The molecule has 1 aliphatic rings. The molecule has 0 spiro atoms. The minimum Gasteiger partial charge on any atom is -0.368 e. The van der Waals surface area contributed by atoms with Crippen molar-refractivity contribution >= 4 is 11.8 Å². The zero-order valence-corrected chi connectivity index (χ0v) is 13.1. The lowest BCUT2D eigenvalue weighted by atomic mass is 10.0. The van der Waals surface area contributed by atoms with Crippen molar-refractivity contribution in [3.63, 3.8) is 0 Å². The Labute approximate surface area is 131 Å². The Morgan fingerprint density at radius 2 is 2.09 bits per heavy atom. The molecule has 1 aromatic carbocycles. The Hall–Kier alpha value is -1.88. The summed E-state index contributed by atoms with van der Waals surface area (Å²) in [4.78, 5) is 25.5. The largest absolute Gasteiger partial charge is 0.368 e. The van der Waals surface area contributed by atoms with E-state index < -0.39 is 5.91 Å². The highest BCUT2D eigenvalue weighted by Gasteiger charge is 2.24. The van der Waals surface area contributed by atoms with E-state index in [2.05, 4.69) is 5.32 Å². The lowest BCUT2D eigenvalue weighted by Crippen LogP contribution is -2.40. The molecule has 120 valence electrons. The molecule has 1 saturated heterocycles. The lowest BCUT2D eigenvalue weighted by molar-refractivity contribution is -0.137. The molecule has 1 aliphatic heterocycles. The van der Waals surface area contributed by atoms with E-state index in [0.717, 1.165) is 31.5 Å². The van der Waals surface area contributed by atoms with Crippen molar-refractivity contribution in [2.24, 2.45) is 11.7 Å². The minimum atomic E-state index is -0.473. The van der Waals surface area contributed by atoms with Crippen molar-refractivity contribution in [3.8, 4) is 0 Å². The first-order valence-corrected chi connectivity index (χ1v) is 7.91. The van der Waals surface area contributed by atoms with Crippen molar-refractivity contribution in [2.75, 3.05) is 19.6 Å². The first-order chi connectivity index (χ1) is 10.6. The molecule has 1 fully saturated rings. The fourth-order valence-electron chi connectivity index (χ4n) is 2.95. The van der Waals surface area contributed by atoms with Crippen molar-refractivity contribution in [2.45, 2.75) is 32.2 Å². The van der Waals surface area contributed by atoms with Gasteiger partial charge in [0.1, 0.15) is 0 Å². The van der Waals surface area contributed by atoms with E-state index >= 15 is 0 Å². The summed E-state index contributed by atoms with van der Waals surface area (Å²) in [6.45, 7) is 3.92. The van der Waals surface area contributed by atoms with Crippen LogP contribution in [0.3, 0.4) is 0 Å². The van der Waals surface area contributed by atoms with Gasteiger partial charge >= 0.3 is 0 Å². The normalized spacial score (nSPS) is 18.9. The lowest BCUT2D eigenvalue weighted by Gasteiger charge is -2.29. The summed E-state index contributed by atoms with van der Waals surface area (Å²) >= 11 is 0. The highest BCUT2D eigenvalue weighted by molar-refractivity contribution is 5.84. The van der Waals surface area contributed by atoms with Crippen LogP contribution in [0.1, 0.15) is 37.8 Å². The number of nitrogens with one attached hydrogen (secondary N) is 1. The summed E-state index contributed by atoms with van der Waals surface area (Å²) in [6, 6.07) is 9.58. The summed E-state index contributed by atoms with van der Waals surface area (Å²) in [6.07, 6.45) is 2.46. The SMILES string of the molecule is C[C@H](c1ccccc1)N(CC(N)=O)C(=O)CCC1CCNC1. The zero-order valence-electron chi connectivity index (χ0n) is 13.1. The summed E-state index contributed by atoms with van der Waals surface area (Å²) in [5, 5.41) is 3.31. The predicted octanol–water partition coefficient (Wildman–Crippen LogP) is 1.45. The van der Waals surface area contributed by atoms with Crippen LogP contribution in [0, 0.1) is 5.92 Å². The second kappa shape index (κ2) is 7.94. The van der Waals surface area contributed by atoms with E-state index in [1.165, 1.54) is 0 Å². The van der Waals surface area contributed by atoms with E-state index in [4.69, 9.17) is 5.73 Å². The standard InChI is InChI=1S/C17H25N3O2/c1-13(15-5-3-2-4-6-15)20(12-16(18)21)17(22)8-7-14-9-10-19-11-14/h2-6,13-14,19H,7-12H2,1H3,(H2,18,21)/t13-,14?/m1/s1. The molecule has 0 radical (unpaired) electrons. The maximum absolute atomic E-state index is 12.5. The molecule has 0 bridgehead atoms. The molecule has 2 rings (SSSR count). The molecule has 1 heterocycles. The van der Waals surface area contributed by atoms with E-state index in [1.54, 1.807) is 4.90 Å². The van der Waals surface area contributed by atoms with Crippen molar-refractivity contribution < 1.29 is 9.59 Å². The average Bonchev–Trinajstić information content (AvgIpc) is 3.03. The van der Waals surface area contributed by atoms with E-state index in [9.17, 15) is 9.59 Å². The van der Waals surface area contributed by atoms with E-state index in [-0.39, 0.29) is 18.5 Å². The monoisotopic (exact) mass is 303 g/mol. The molecule has 0 saturated carbocycles. The highest BCUT2D eigenvalue weighted by Crippen LogP contribution is 2.22. The Balaban J connectivity index is 2.00. The second-order valence-corrected chi connectivity index (χ2v) is 5.97. The molecule has 22 heavy (non-hydrogen) atoms. The summed E-state index contributed by atoms with van der Waals surface area (Å²) in [5.74, 6) is 0.0899. The van der Waals surface area contributed by atoms with Crippen molar-refractivity contribution in [3.05, 3.63) is 35.9 Å². The average molecular weight is 303 g/mol. The second-order valence-electron chi connectivity index (χ2n) is 5.97. The summed E-state index contributed by atoms with van der Waals surface area (Å²) < 4.78 is 0. The maximum Gasteiger partial charge on any atom is 0.237 e. The number of amides is 2. The van der Waals surface area contributed by atoms with Crippen LogP contribution in [0.2, 0.25) is 0 Å². The molecule has 5 heteroatoms. The number of primary amides is 1. The third kappa shape index (κ3) is 4.56. The maximum atomic E-state index is 12.5. The highest BCUT2D eigenvalue weighted by atomic mass is 16.2. The molecule has 2 atom stereocenters. The first kappa shape index (κ1) is 16.5. The van der Waals surface area contributed by atoms with Crippen LogP contribution in [0.25, 0.3) is 0 Å². The number of carbonyl (C=O) groups excluding carboxylic acids is 2. The van der Waals surface area contributed by atoms with Gasteiger partial charge in [-0.3, -0.25) is 9.59 Å². The molecule has 1 unspecified atom stereocenters. The number of benzene rings is 1. The van der Waals surface area contributed by atoms with Gasteiger partial charge in [0.2, 0.25) is 11.8 Å². The fourth-order valence-corrected chi connectivity index (χ4v) is 2.95. The predicted molar refractivity (Wildman–Crippen MR) is 86.0 cm³/mol. The Kier molecular flexibility index (Phi) is 5.95. The Morgan fingerprint density at radius 3 is 2.68 bits per heavy atom. The molecule has 1 aromatic rings. The smallest absolute Gasteiger partial charge is 0.237 e. The topological polar surface area (TPSA) is 75.4 Å². The van der Waals surface area contributed by atoms with Gasteiger partial charge in [-0.1, -0.05) is 30.3 Å². The number of nitrogens with zero attached hydrogens (tertiary/aromatic N) is 1. The van der Waals surface area contributed by atoms with Gasteiger partial charge in [-0.25, -0.2) is 0 Å². The van der Waals surface area contributed by atoms with E-state index in [0.29, 0.717) is 12.3 Å². The third-order valence-corrected chi connectivity index (χ3v) is 4.32. The number of hydrogen-bond acceptors (Lipinski definition) is 3. The molecule has 0 aromatic heterocycles.